The lowest BCUT2D eigenvalue weighted by Gasteiger charge is -2.23. The summed E-state index contributed by atoms with van der Waals surface area (Å²) in [6.07, 6.45) is 11.0. The van der Waals surface area contributed by atoms with E-state index in [1.54, 1.807) is 19.1 Å². The lowest BCUT2D eigenvalue weighted by molar-refractivity contribution is -0.137. The summed E-state index contributed by atoms with van der Waals surface area (Å²) in [6.45, 7) is 14.3. The number of allylic oxidation sites excluding steroid dienone is 1. The van der Waals surface area contributed by atoms with Gasteiger partial charge in [-0.15, -0.1) is 11.3 Å². The molecule has 278 valence electrons. The Hall–Kier alpha value is -4.52. The van der Waals surface area contributed by atoms with Crippen LogP contribution in [0.4, 0.5) is 5.69 Å². The number of anilines is 1. The van der Waals surface area contributed by atoms with Crippen LogP contribution in [0.25, 0.3) is 0 Å². The number of carbonyl (C=O) groups is 2. The summed E-state index contributed by atoms with van der Waals surface area (Å²) in [7, 11) is 1.91. The number of carboxylic acids is 1. The first-order valence-electron chi connectivity index (χ1n) is 16.6. The number of likely N-dealkylation sites (N-methyl/N-ethyl adjacent to an activating group) is 1. The number of rotatable bonds is 19. The van der Waals surface area contributed by atoms with Crippen LogP contribution in [0.3, 0.4) is 0 Å². The number of unbranched alkanes of at least 4 members (excludes halogenated alkanes) is 1. The maximum atomic E-state index is 12.2. The van der Waals surface area contributed by atoms with E-state index in [1.807, 2.05) is 64.1 Å². The van der Waals surface area contributed by atoms with Gasteiger partial charge in [-0.25, -0.2) is 9.98 Å². The highest BCUT2D eigenvalue weighted by Crippen LogP contribution is 2.18. The van der Waals surface area contributed by atoms with E-state index in [1.165, 1.54) is 0 Å². The average molecular weight is 717 g/mol. The Labute approximate surface area is 302 Å². The monoisotopic (exact) mass is 716 g/mol. The smallest absolute Gasteiger partial charge is 0.303 e. The van der Waals surface area contributed by atoms with Crippen LogP contribution >= 0.6 is 11.9 Å². The van der Waals surface area contributed by atoms with E-state index in [9.17, 15) is 14.5 Å². The SMILES string of the molecule is C#CCOCCOCCSN=O.CC.CC.CCC/C=C1\NC=C(CN(C)c2ccc(C(=O)NCCCC(=O)O)cc2)N=C1C(=N)N=C(C)N. The number of terminal acetylenes is 1. The number of hydrogen-bond donors (Lipinski definition) is 5. The predicted molar refractivity (Wildman–Crippen MR) is 207 cm³/mol. The number of hydrogen-bond acceptors (Lipinski definition) is 11. The number of ether oxygens (including phenoxy) is 2. The molecule has 0 aliphatic carbocycles. The third-order valence-corrected chi connectivity index (χ3v) is 6.26. The highest BCUT2D eigenvalue weighted by atomic mass is 32.2. The molecule has 1 amide bonds. The maximum Gasteiger partial charge on any atom is 0.303 e. The minimum Gasteiger partial charge on any atom is -0.481 e. The van der Waals surface area contributed by atoms with Gasteiger partial charge in [0, 0.05) is 59.7 Å². The molecule has 50 heavy (non-hydrogen) atoms. The molecule has 1 aromatic rings. The van der Waals surface area contributed by atoms with E-state index in [2.05, 4.69) is 38.0 Å². The van der Waals surface area contributed by atoms with Crippen molar-refractivity contribution in [1.82, 2.24) is 10.6 Å². The lowest BCUT2D eigenvalue weighted by Crippen LogP contribution is -2.30. The fourth-order valence-corrected chi connectivity index (χ4v) is 3.90. The number of nitroso groups, excluding NO2 is 1. The second-order valence-corrected chi connectivity index (χ2v) is 10.5. The summed E-state index contributed by atoms with van der Waals surface area (Å²) >= 11 is 0.948. The standard InChI is InChI=1S/C24H33N7O3.C7H11NO3S.2C2H6/c1-4-5-7-20-22(23(26)29-16(2)25)30-18(14-28-20)15-31(3)19-11-9-17(10-12-19)24(34)27-13-6-8-21(32)33;1-2-3-10-4-5-11-6-7-12-8-9;2*1-2/h7,9-12,14,28H,4-6,8,13,15H2,1-3H3,(H,27,34)(H,32,33)(H3,25,26,29);1H,3-7H2;2*1-2H3/b20-7-;;;. The van der Waals surface area contributed by atoms with Crippen molar-refractivity contribution < 1.29 is 24.2 Å². The number of benzene rings is 1. The Morgan fingerprint density at radius 2 is 1.84 bits per heavy atom. The molecule has 1 heterocycles. The van der Waals surface area contributed by atoms with Gasteiger partial charge in [0.2, 0.25) is 0 Å². The number of carbonyl (C=O) groups excluding carboxylic acids is 1. The van der Waals surface area contributed by atoms with Crippen molar-refractivity contribution in [2.45, 2.75) is 67.2 Å². The Bertz CT molecular complexity index is 1300. The van der Waals surface area contributed by atoms with Crippen LogP contribution in [-0.4, -0.2) is 86.7 Å². The van der Waals surface area contributed by atoms with Gasteiger partial charge in [0.25, 0.3) is 5.91 Å². The molecule has 0 saturated carbocycles. The molecule has 1 aliphatic rings. The normalized spacial score (nSPS) is 12.4. The highest BCUT2D eigenvalue weighted by molar-refractivity contribution is 7.97. The summed E-state index contributed by atoms with van der Waals surface area (Å²) in [4.78, 5) is 43.0. The molecule has 0 aromatic heterocycles. The summed E-state index contributed by atoms with van der Waals surface area (Å²) < 4.78 is 12.6. The van der Waals surface area contributed by atoms with Crippen LogP contribution in [0.2, 0.25) is 0 Å². The van der Waals surface area contributed by atoms with Crippen molar-refractivity contribution in [3.8, 4) is 12.3 Å². The molecule has 1 aliphatic heterocycles. The second kappa shape index (κ2) is 31.7. The van der Waals surface area contributed by atoms with Gasteiger partial charge in [-0.1, -0.05) is 53.0 Å². The summed E-state index contributed by atoms with van der Waals surface area (Å²) in [5, 5.41) is 22.9. The largest absolute Gasteiger partial charge is 0.481 e. The zero-order valence-electron chi connectivity index (χ0n) is 30.6. The van der Waals surface area contributed by atoms with Crippen molar-refractivity contribution in [2.24, 2.45) is 20.3 Å². The number of amides is 1. The highest BCUT2D eigenvalue weighted by Gasteiger charge is 2.18. The minimum atomic E-state index is -0.881. The molecule has 0 fully saturated rings. The van der Waals surface area contributed by atoms with Gasteiger partial charge in [0.15, 0.2) is 5.84 Å². The molecule has 0 saturated heterocycles. The van der Waals surface area contributed by atoms with Crippen molar-refractivity contribution >= 4 is 46.9 Å². The van der Waals surface area contributed by atoms with E-state index in [4.69, 9.17) is 32.1 Å². The molecule has 0 unspecified atom stereocenters. The second-order valence-electron chi connectivity index (χ2n) is 9.68. The van der Waals surface area contributed by atoms with Crippen LogP contribution in [-0.2, 0) is 14.3 Å². The van der Waals surface area contributed by atoms with Crippen molar-refractivity contribution in [2.75, 3.05) is 57.2 Å². The average Bonchev–Trinajstić information content (AvgIpc) is 3.12. The van der Waals surface area contributed by atoms with Gasteiger partial charge >= 0.3 is 5.97 Å². The van der Waals surface area contributed by atoms with E-state index in [-0.39, 0.29) is 18.2 Å². The van der Waals surface area contributed by atoms with Crippen molar-refractivity contribution in [3.05, 3.63) is 58.4 Å². The quantitative estimate of drug-likeness (QED) is 0.0292. The van der Waals surface area contributed by atoms with Crippen LogP contribution in [0, 0.1) is 22.7 Å². The zero-order chi connectivity index (χ0) is 38.2. The molecular formula is C35H56N8O6S. The number of nitrogens with one attached hydrogen (secondary N) is 3. The first kappa shape index (κ1) is 47.6. The zero-order valence-corrected chi connectivity index (χ0v) is 31.4. The number of carboxylic acid groups (broad SMARTS) is 1. The van der Waals surface area contributed by atoms with Gasteiger partial charge in [-0.3, -0.25) is 15.0 Å². The molecule has 2 rings (SSSR count). The maximum absolute atomic E-state index is 12.2. The first-order valence-corrected chi connectivity index (χ1v) is 17.6. The molecule has 1 aromatic carbocycles. The Kier molecular flexibility index (Phi) is 30.2. The van der Waals surface area contributed by atoms with Crippen molar-refractivity contribution in [1.29, 1.82) is 5.41 Å². The van der Waals surface area contributed by atoms with E-state index in [0.717, 1.165) is 41.9 Å². The number of aliphatic carboxylic acids is 1. The van der Waals surface area contributed by atoms with Crippen LogP contribution < -0.4 is 21.3 Å². The number of aliphatic imine (C=N–C) groups is 2. The van der Waals surface area contributed by atoms with Crippen LogP contribution in [0.15, 0.2) is 62.5 Å². The van der Waals surface area contributed by atoms with E-state index >= 15 is 0 Å². The molecular weight excluding hydrogens is 661 g/mol. The third-order valence-electron chi connectivity index (χ3n) is 5.81. The third kappa shape index (κ3) is 22.9. The lowest BCUT2D eigenvalue weighted by atomic mass is 10.1. The molecule has 14 nitrogen and oxygen atoms in total. The fourth-order valence-electron chi connectivity index (χ4n) is 3.63. The van der Waals surface area contributed by atoms with E-state index in [0.29, 0.717) is 68.8 Å². The summed E-state index contributed by atoms with van der Waals surface area (Å²) in [5.41, 5.74) is 8.95. The number of amidine groups is 2. The van der Waals surface area contributed by atoms with Gasteiger partial charge in [-0.2, -0.15) is 0 Å². The molecule has 0 atom stereocenters. The number of nitrogens with two attached hydrogens (primary N) is 1. The summed E-state index contributed by atoms with van der Waals surface area (Å²) in [5.74, 6) is 2.09. The van der Waals surface area contributed by atoms with Gasteiger partial charge in [0.1, 0.15) is 12.3 Å². The molecule has 0 radical (unpaired) electrons. The molecule has 0 bridgehead atoms. The summed E-state index contributed by atoms with van der Waals surface area (Å²) in [6, 6.07) is 7.12. The number of nitrogens with zero attached hydrogens (tertiary/aromatic N) is 4. The van der Waals surface area contributed by atoms with Gasteiger partial charge < -0.3 is 35.8 Å². The predicted octanol–water partition coefficient (Wildman–Crippen LogP) is 5.76. The van der Waals surface area contributed by atoms with Gasteiger partial charge in [-0.05, 0) is 44.0 Å². The molecule has 15 heteroatoms. The molecule has 0 spiro atoms. The molecule has 6 N–H and O–H groups in total. The fraction of sp³-hybridized carbons (Fsp3) is 0.514. The Morgan fingerprint density at radius 3 is 2.42 bits per heavy atom. The minimum absolute atomic E-state index is 0.00169. The van der Waals surface area contributed by atoms with E-state index < -0.39 is 5.97 Å². The first-order chi connectivity index (χ1) is 24.1. The Morgan fingerprint density at radius 1 is 1.18 bits per heavy atom. The Balaban J connectivity index is 0. The van der Waals surface area contributed by atoms with Crippen molar-refractivity contribution in [3.63, 3.8) is 0 Å². The van der Waals surface area contributed by atoms with Crippen LogP contribution in [0.5, 0.6) is 0 Å². The van der Waals surface area contributed by atoms with Gasteiger partial charge in [0.05, 0.1) is 43.6 Å². The topological polar surface area (TPSA) is 204 Å². The van der Waals surface area contributed by atoms with Crippen LogP contribution in [0.1, 0.15) is 77.6 Å².